The van der Waals surface area contributed by atoms with E-state index in [0.717, 1.165) is 77.5 Å². The summed E-state index contributed by atoms with van der Waals surface area (Å²) in [5.74, 6) is 0.873. The monoisotopic (exact) mass is 708 g/mol. The van der Waals surface area contributed by atoms with Crippen LogP contribution in [0.2, 0.25) is 0 Å². The van der Waals surface area contributed by atoms with Gasteiger partial charge in [-0.25, -0.2) is 4.98 Å². The van der Waals surface area contributed by atoms with E-state index in [-0.39, 0.29) is 10.9 Å². The van der Waals surface area contributed by atoms with Crippen molar-refractivity contribution in [1.82, 2.24) is 9.55 Å². The molecule has 0 fully saturated rings. The van der Waals surface area contributed by atoms with Gasteiger partial charge < -0.3 is 0 Å². The maximum Gasteiger partial charge on any atom is 0.145 e. The Kier molecular flexibility index (Phi) is 8.04. The number of para-hydroxylation sites is 3. The highest BCUT2D eigenvalue weighted by atomic mass is 15.1. The molecule has 9 heteroatoms. The molecule has 0 saturated heterocycles. The summed E-state index contributed by atoms with van der Waals surface area (Å²) in [6.07, 6.45) is 0. The highest BCUT2D eigenvalue weighted by molar-refractivity contribution is 6.65. The molecule has 0 spiro atoms. The van der Waals surface area contributed by atoms with Gasteiger partial charge in [-0.2, -0.15) is 0 Å². The van der Waals surface area contributed by atoms with Crippen LogP contribution < -0.4 is 38.2 Å². The van der Waals surface area contributed by atoms with Crippen molar-refractivity contribution in [2.45, 2.75) is 19.3 Å². The summed E-state index contributed by atoms with van der Waals surface area (Å²) >= 11 is 0. The van der Waals surface area contributed by atoms with E-state index in [1.54, 1.807) is 0 Å². The van der Waals surface area contributed by atoms with Crippen LogP contribution in [-0.2, 0) is 5.41 Å². The zero-order chi connectivity index (χ0) is 39.5. The number of nitrogens with zero attached hydrogens (tertiary/aromatic N) is 2. The van der Waals surface area contributed by atoms with Gasteiger partial charge in [0.1, 0.15) is 60.7 Å². The highest BCUT2D eigenvalue weighted by Gasteiger charge is 2.41. The van der Waals surface area contributed by atoms with Crippen molar-refractivity contribution in [1.29, 1.82) is 0 Å². The van der Waals surface area contributed by atoms with Crippen molar-refractivity contribution in [3.8, 4) is 50.5 Å². The second-order valence-electron chi connectivity index (χ2n) is 15.4. The molecule has 0 unspecified atom stereocenters. The molecule has 0 atom stereocenters. The smallest absolute Gasteiger partial charge is 0.145 e. The second-order valence-corrected chi connectivity index (χ2v) is 15.4. The molecule has 0 aliphatic heterocycles. The second kappa shape index (κ2) is 12.9. The number of fused-ring (bicyclic) bond motifs is 6. The summed E-state index contributed by atoms with van der Waals surface area (Å²) in [7, 11) is 47.7. The zero-order valence-corrected chi connectivity index (χ0v) is 31.6. The molecule has 1 aliphatic rings. The molecule has 1 aromatic heterocycles. The molecule has 57 heavy (non-hydrogen) atoms. The summed E-state index contributed by atoms with van der Waals surface area (Å²) in [4.78, 5) is 5.10. The van der Waals surface area contributed by atoms with Crippen LogP contribution in [0.15, 0.2) is 127 Å². The first-order chi connectivity index (χ1) is 27.5. The lowest BCUT2D eigenvalue weighted by molar-refractivity contribution is 0.670. The normalized spacial score (nSPS) is 13.0. The van der Waals surface area contributed by atoms with Gasteiger partial charge in [-0.1, -0.05) is 144 Å². The Morgan fingerprint density at radius 2 is 0.860 bits per heavy atom. The molecule has 8 aromatic carbocycles. The molecular weight excluding hydrogens is 680 g/mol. The van der Waals surface area contributed by atoms with Crippen molar-refractivity contribution < 1.29 is 0 Å². The minimum absolute atomic E-state index is 0.214. The molecule has 1 aliphatic carbocycles. The Morgan fingerprint density at radius 1 is 0.404 bits per heavy atom. The zero-order valence-electron chi connectivity index (χ0n) is 31.6. The number of benzene rings is 8. The van der Waals surface area contributed by atoms with Gasteiger partial charge in [0.05, 0.1) is 11.0 Å². The van der Waals surface area contributed by atoms with Crippen LogP contribution in [0.1, 0.15) is 25.0 Å². The van der Waals surface area contributed by atoms with Crippen molar-refractivity contribution in [3.05, 3.63) is 139 Å². The number of imidazole rings is 1. The largest absolute Gasteiger partial charge is 0.292 e. The summed E-state index contributed by atoms with van der Waals surface area (Å²) in [6, 6.07) is 44.0. The van der Waals surface area contributed by atoms with Gasteiger partial charge in [0.25, 0.3) is 0 Å². The number of aromatic nitrogens is 2. The molecule has 0 saturated carbocycles. The van der Waals surface area contributed by atoms with Crippen LogP contribution in [0.3, 0.4) is 0 Å². The van der Waals surface area contributed by atoms with Crippen LogP contribution in [0.5, 0.6) is 0 Å². The maximum absolute atomic E-state index is 7.37. The average molecular weight is 707 g/mol. The lowest BCUT2D eigenvalue weighted by Crippen LogP contribution is -2.51. The third-order valence-electron chi connectivity index (χ3n) is 12.0. The molecular formula is C48H27B7N2. The molecule has 0 bridgehead atoms. The Labute approximate surface area is 342 Å². The Balaban J connectivity index is 1.20. The van der Waals surface area contributed by atoms with Crippen LogP contribution in [0.4, 0.5) is 0 Å². The molecule has 14 radical (unpaired) electrons. The van der Waals surface area contributed by atoms with E-state index in [4.69, 9.17) is 59.9 Å². The van der Waals surface area contributed by atoms with E-state index in [9.17, 15) is 0 Å². The van der Waals surface area contributed by atoms with E-state index in [1.807, 2.05) is 42.5 Å². The number of rotatable bonds is 4. The van der Waals surface area contributed by atoms with Gasteiger partial charge in [-0.15, -0.1) is 10.9 Å². The molecule has 2 nitrogen and oxygen atoms in total. The Bertz CT molecular complexity index is 3110. The van der Waals surface area contributed by atoms with Crippen LogP contribution in [0, 0.1) is 0 Å². The third-order valence-corrected chi connectivity index (χ3v) is 12.0. The Hall–Kier alpha value is -5.80. The van der Waals surface area contributed by atoms with Gasteiger partial charge in [-0.05, 0) is 90.3 Å². The fourth-order valence-electron chi connectivity index (χ4n) is 9.40. The summed E-state index contributed by atoms with van der Waals surface area (Å²) in [6.45, 7) is 4.10. The highest BCUT2D eigenvalue weighted by Crippen LogP contribution is 2.48. The molecule has 1 heterocycles. The number of hydrogen-bond acceptors (Lipinski definition) is 1. The minimum Gasteiger partial charge on any atom is -0.292 e. The van der Waals surface area contributed by atoms with E-state index in [1.165, 1.54) is 0 Å². The lowest BCUT2D eigenvalue weighted by atomic mass is 9.61. The number of hydrogen-bond donors (Lipinski definition) is 0. The SMILES string of the molecule is [B]c1c([B])c([B])c2c(c1[B])-c1c([B])c([B])c(-c3c4ccccc4c(-c4ccc(-c5nc6ccccc6n5-c5ccccc5)cc4)c4ccccc34)c([B])c1C2(C)C. The van der Waals surface area contributed by atoms with E-state index in [2.05, 4.69) is 103 Å². The van der Waals surface area contributed by atoms with Gasteiger partial charge in [0, 0.05) is 16.7 Å². The molecule has 0 amide bonds. The van der Waals surface area contributed by atoms with Crippen LogP contribution in [0.25, 0.3) is 83.0 Å². The average Bonchev–Trinajstić information content (AvgIpc) is 3.74. The Morgan fingerprint density at radius 3 is 1.47 bits per heavy atom. The van der Waals surface area contributed by atoms with Crippen molar-refractivity contribution >= 4 is 126 Å². The first-order valence-corrected chi connectivity index (χ1v) is 18.9. The predicted octanol–water partition coefficient (Wildman–Crippen LogP) is 4.20. The van der Waals surface area contributed by atoms with Gasteiger partial charge >= 0.3 is 0 Å². The summed E-state index contributed by atoms with van der Waals surface area (Å²) < 4.78 is 2.22. The van der Waals surface area contributed by atoms with Crippen LogP contribution in [-0.4, -0.2) is 64.5 Å². The first-order valence-electron chi connectivity index (χ1n) is 18.9. The van der Waals surface area contributed by atoms with Gasteiger partial charge in [0.2, 0.25) is 0 Å². The van der Waals surface area contributed by atoms with E-state index < -0.39 is 5.41 Å². The lowest BCUT2D eigenvalue weighted by Gasteiger charge is -2.30. The van der Waals surface area contributed by atoms with Gasteiger partial charge in [-0.3, -0.25) is 4.57 Å². The molecule has 0 N–H and O–H groups in total. The van der Waals surface area contributed by atoms with Crippen molar-refractivity contribution in [2.75, 3.05) is 0 Å². The molecule has 9 aromatic rings. The van der Waals surface area contributed by atoms with Crippen molar-refractivity contribution in [3.63, 3.8) is 0 Å². The van der Waals surface area contributed by atoms with E-state index in [0.29, 0.717) is 44.0 Å². The summed E-state index contributed by atoms with van der Waals surface area (Å²) in [5, 5.41) is 4.06. The van der Waals surface area contributed by atoms with Crippen LogP contribution >= 0.6 is 0 Å². The predicted molar refractivity (Wildman–Crippen MR) is 248 cm³/mol. The first kappa shape index (κ1) is 35.6. The third kappa shape index (κ3) is 4.97. The summed E-state index contributed by atoms with van der Waals surface area (Å²) in [5.41, 5.74) is 12.2. The van der Waals surface area contributed by atoms with Gasteiger partial charge in [0.15, 0.2) is 0 Å². The van der Waals surface area contributed by atoms with E-state index >= 15 is 0 Å². The molecule has 250 valence electrons. The minimum atomic E-state index is -0.723. The quantitative estimate of drug-likeness (QED) is 0.198. The maximum atomic E-state index is 7.37. The fraction of sp³-hybridized carbons (Fsp3) is 0.0625. The fourth-order valence-corrected chi connectivity index (χ4v) is 9.40. The standard InChI is InChI=1S/C48H27B7N2/c1-48(2)38-35(36-39(48)44(53)46(55)45(54)42(36)51)41(50)43(52)37(40(38)49)34-29-16-8-6-14-27(29)33(28-15-7-9-17-30(28)34)24-20-22-25(23-21-24)47-56-31-18-10-11-19-32(31)57(47)26-12-4-3-5-13-26/h3-23H,1-2H3. The molecule has 10 rings (SSSR count). The van der Waals surface area contributed by atoms with Crippen molar-refractivity contribution in [2.24, 2.45) is 0 Å². The topological polar surface area (TPSA) is 17.8 Å².